The van der Waals surface area contributed by atoms with Crippen molar-refractivity contribution in [2.24, 2.45) is 0 Å². The number of carbonyl (C=O) groups excluding carboxylic acids is 1. The van der Waals surface area contributed by atoms with Crippen molar-refractivity contribution >= 4 is 17.1 Å². The molecule has 2 radical (unpaired) electrons. The first-order valence-corrected chi connectivity index (χ1v) is 4.95. The molecule has 3 heteroatoms. The topological polar surface area (TPSA) is 30.0 Å². The first-order chi connectivity index (χ1) is 6.77. The van der Waals surface area contributed by atoms with Gasteiger partial charge in [0.05, 0.1) is 0 Å². The van der Waals surface area contributed by atoms with Gasteiger partial charge in [0.2, 0.25) is 0 Å². The third kappa shape index (κ3) is 1.72. The van der Waals surface area contributed by atoms with Crippen molar-refractivity contribution in [3.05, 3.63) is 48.3 Å². The summed E-state index contributed by atoms with van der Waals surface area (Å²) >= 11 is 1.53. The van der Waals surface area contributed by atoms with Gasteiger partial charge in [0.25, 0.3) is 0 Å². The number of thiazole rings is 1. The minimum absolute atomic E-state index is 0.414. The van der Waals surface area contributed by atoms with E-state index in [-0.39, 0.29) is 0 Å². The van der Waals surface area contributed by atoms with Gasteiger partial charge < -0.3 is 0 Å². The number of carbonyl (C=O) groups is 1. The Morgan fingerprint density at radius 2 is 2.29 bits per heavy atom. The fourth-order valence-electron chi connectivity index (χ4n) is 1.17. The van der Waals surface area contributed by atoms with E-state index in [1.165, 1.54) is 11.3 Å². The molecule has 2 nitrogen and oxygen atoms in total. The van der Waals surface area contributed by atoms with Crippen molar-refractivity contribution in [3.63, 3.8) is 0 Å². The highest BCUT2D eigenvalue weighted by Gasteiger charge is 2.03. The molecule has 14 heavy (non-hydrogen) atoms. The van der Waals surface area contributed by atoms with Crippen LogP contribution in [-0.2, 0) is 0 Å². The second kappa shape index (κ2) is 3.72. The Bertz CT molecular complexity index is 448. The molecule has 2 rings (SSSR count). The van der Waals surface area contributed by atoms with Crippen molar-refractivity contribution in [1.29, 1.82) is 0 Å². The number of ketones is 1. The molecule has 0 aliphatic heterocycles. The summed E-state index contributed by atoms with van der Waals surface area (Å²) in [5.41, 5.74) is 1.44. The predicted octanol–water partition coefficient (Wildman–Crippen LogP) is 2.70. The maximum atomic E-state index is 10.9. The van der Waals surface area contributed by atoms with Crippen LogP contribution in [0.25, 0.3) is 10.6 Å². The van der Waals surface area contributed by atoms with E-state index in [9.17, 15) is 4.79 Å². The Balaban J connectivity index is 2.46. The fourth-order valence-corrected chi connectivity index (χ4v) is 1.81. The van der Waals surface area contributed by atoms with Crippen LogP contribution in [-0.4, -0.2) is 10.8 Å². The SMILES string of the molecule is [CH]C(=O)c1cccc(-c2nccs2)c1. The molecule has 1 aromatic heterocycles. The zero-order chi connectivity index (χ0) is 9.97. The fraction of sp³-hybridized carbons (Fsp3) is 0. The lowest BCUT2D eigenvalue weighted by Crippen LogP contribution is -1.91. The van der Waals surface area contributed by atoms with Gasteiger partial charge >= 0.3 is 0 Å². The van der Waals surface area contributed by atoms with E-state index in [2.05, 4.69) is 4.98 Å². The number of aromatic nitrogens is 1. The van der Waals surface area contributed by atoms with Crippen molar-refractivity contribution in [1.82, 2.24) is 4.98 Å². The minimum Gasteiger partial charge on any atom is -0.294 e. The predicted molar refractivity (Wildman–Crippen MR) is 56.2 cm³/mol. The lowest BCUT2D eigenvalue weighted by molar-refractivity contribution is 0.104. The second-order valence-electron chi connectivity index (χ2n) is 2.78. The Labute approximate surface area is 86.2 Å². The summed E-state index contributed by atoms with van der Waals surface area (Å²) in [5, 5.41) is 2.79. The van der Waals surface area contributed by atoms with Gasteiger partial charge in [-0.3, -0.25) is 4.79 Å². The van der Waals surface area contributed by atoms with E-state index in [0.29, 0.717) is 5.56 Å². The molecule has 1 aromatic carbocycles. The summed E-state index contributed by atoms with van der Waals surface area (Å²) in [5.74, 6) is -0.414. The molecule has 0 atom stereocenters. The molecule has 0 bridgehead atoms. The molecule has 1 heterocycles. The molecule has 0 amide bonds. The van der Waals surface area contributed by atoms with Crippen LogP contribution in [0, 0.1) is 6.92 Å². The van der Waals surface area contributed by atoms with Crippen molar-refractivity contribution < 1.29 is 4.79 Å². The summed E-state index contributed by atoms with van der Waals surface area (Å²) in [6.45, 7) is 5.18. The second-order valence-corrected chi connectivity index (χ2v) is 3.68. The number of hydrogen-bond donors (Lipinski definition) is 0. The molecule has 0 unspecified atom stereocenters. The molecule has 0 N–H and O–H groups in total. The molecule has 2 aromatic rings. The van der Waals surface area contributed by atoms with Crippen LogP contribution in [0.15, 0.2) is 35.8 Å². The maximum absolute atomic E-state index is 10.9. The van der Waals surface area contributed by atoms with Gasteiger partial charge in [-0.15, -0.1) is 11.3 Å². The van der Waals surface area contributed by atoms with Crippen LogP contribution in [0.1, 0.15) is 10.4 Å². The molecule has 0 fully saturated rings. The van der Waals surface area contributed by atoms with Gasteiger partial charge in [-0.2, -0.15) is 0 Å². The summed E-state index contributed by atoms with van der Waals surface area (Å²) < 4.78 is 0. The summed E-state index contributed by atoms with van der Waals surface area (Å²) in [6.07, 6.45) is 1.73. The van der Waals surface area contributed by atoms with Crippen molar-refractivity contribution in [2.75, 3.05) is 0 Å². The third-order valence-electron chi connectivity index (χ3n) is 1.83. The number of rotatable bonds is 2. The number of benzene rings is 1. The van der Waals surface area contributed by atoms with E-state index < -0.39 is 5.78 Å². The van der Waals surface area contributed by atoms with E-state index in [1.54, 1.807) is 24.4 Å². The molecule has 68 valence electrons. The van der Waals surface area contributed by atoms with Gasteiger partial charge in [0.15, 0.2) is 5.78 Å². The lowest BCUT2D eigenvalue weighted by Gasteiger charge is -1.98. The first-order valence-electron chi connectivity index (χ1n) is 4.07. The van der Waals surface area contributed by atoms with Gasteiger partial charge in [-0.1, -0.05) is 18.2 Å². The quantitative estimate of drug-likeness (QED) is 0.699. The van der Waals surface area contributed by atoms with E-state index in [0.717, 1.165) is 10.6 Å². The Morgan fingerprint density at radius 3 is 2.93 bits per heavy atom. The van der Waals surface area contributed by atoms with E-state index in [1.807, 2.05) is 11.4 Å². The smallest absolute Gasteiger partial charge is 0.167 e. The monoisotopic (exact) mass is 201 g/mol. The molecular weight excluding hydrogens is 194 g/mol. The highest BCUT2D eigenvalue weighted by Crippen LogP contribution is 2.22. The Morgan fingerprint density at radius 1 is 1.43 bits per heavy atom. The van der Waals surface area contributed by atoms with Crippen molar-refractivity contribution in [3.8, 4) is 10.6 Å². The molecule has 0 saturated heterocycles. The zero-order valence-electron chi connectivity index (χ0n) is 7.31. The first kappa shape index (κ1) is 9.09. The van der Waals surface area contributed by atoms with Crippen molar-refractivity contribution in [2.45, 2.75) is 0 Å². The van der Waals surface area contributed by atoms with Crippen LogP contribution in [0.4, 0.5) is 0 Å². The average molecular weight is 201 g/mol. The van der Waals surface area contributed by atoms with Gasteiger partial charge in [-0.25, -0.2) is 4.98 Å². The van der Waals surface area contributed by atoms with Crippen LogP contribution < -0.4 is 0 Å². The molecule has 0 saturated carbocycles. The zero-order valence-corrected chi connectivity index (χ0v) is 8.12. The highest BCUT2D eigenvalue weighted by molar-refractivity contribution is 7.13. The molecule has 0 spiro atoms. The normalized spacial score (nSPS) is 10.1. The average Bonchev–Trinajstić information content (AvgIpc) is 2.71. The molecule has 0 aliphatic carbocycles. The van der Waals surface area contributed by atoms with E-state index >= 15 is 0 Å². The number of hydrogen-bond acceptors (Lipinski definition) is 3. The standard InChI is InChI=1S/C11H7NOS/c1-8(13)9-3-2-4-10(7-9)11-12-5-6-14-11/h1-7H. The molecular formula is C11H7NOS. The van der Waals surface area contributed by atoms with Crippen LogP contribution in [0.5, 0.6) is 0 Å². The third-order valence-corrected chi connectivity index (χ3v) is 2.65. The minimum atomic E-state index is -0.414. The van der Waals surface area contributed by atoms with Crippen LogP contribution >= 0.6 is 11.3 Å². The molecule has 0 aliphatic rings. The number of Topliss-reactive ketones (excluding diaryl/α,β-unsaturated/α-hetero) is 1. The van der Waals surface area contributed by atoms with Gasteiger partial charge in [-0.05, 0) is 6.07 Å². The Hall–Kier alpha value is -1.48. The summed E-state index contributed by atoms with van der Waals surface area (Å²) in [7, 11) is 0. The number of nitrogens with zero attached hydrogens (tertiary/aromatic N) is 1. The Kier molecular flexibility index (Phi) is 2.41. The van der Waals surface area contributed by atoms with Crippen LogP contribution in [0.2, 0.25) is 0 Å². The van der Waals surface area contributed by atoms with Gasteiger partial charge in [0, 0.05) is 29.6 Å². The maximum Gasteiger partial charge on any atom is 0.167 e. The summed E-state index contributed by atoms with van der Waals surface area (Å²) in [4.78, 5) is 15.1. The highest BCUT2D eigenvalue weighted by atomic mass is 32.1. The summed E-state index contributed by atoms with van der Waals surface area (Å²) in [6, 6.07) is 7.16. The van der Waals surface area contributed by atoms with E-state index in [4.69, 9.17) is 6.92 Å². The largest absolute Gasteiger partial charge is 0.294 e. The lowest BCUT2D eigenvalue weighted by atomic mass is 10.1. The van der Waals surface area contributed by atoms with Crippen LogP contribution in [0.3, 0.4) is 0 Å². The van der Waals surface area contributed by atoms with Gasteiger partial charge in [0.1, 0.15) is 5.01 Å².